The second kappa shape index (κ2) is 7.76. The summed E-state index contributed by atoms with van der Waals surface area (Å²) in [7, 11) is -0.606. The molecule has 11 heteroatoms. The third kappa shape index (κ3) is 3.48. The van der Waals surface area contributed by atoms with E-state index in [1.54, 1.807) is 36.9 Å². The molecule has 0 unspecified atom stereocenters. The van der Waals surface area contributed by atoms with E-state index in [1.165, 1.54) is 22.4 Å². The minimum Gasteiger partial charge on any atom is -0.295 e. The lowest BCUT2D eigenvalue weighted by Gasteiger charge is -2.14. The number of hydrogen-bond acceptors (Lipinski definition) is 7. The largest absolute Gasteiger partial charge is 0.328 e. The van der Waals surface area contributed by atoms with Crippen LogP contribution in [0.5, 0.6) is 0 Å². The molecule has 0 atom stereocenters. The van der Waals surface area contributed by atoms with Gasteiger partial charge in [0, 0.05) is 23.9 Å². The Hall–Kier alpha value is -3.15. The summed E-state index contributed by atoms with van der Waals surface area (Å²) in [4.78, 5) is 14.1. The summed E-state index contributed by atoms with van der Waals surface area (Å²) < 4.78 is 40.8. The molecule has 0 bridgehead atoms. The van der Waals surface area contributed by atoms with Crippen LogP contribution in [0.15, 0.2) is 80.1 Å². The number of nitrogens with zero attached hydrogens (tertiary/aromatic N) is 4. The van der Waals surface area contributed by atoms with Gasteiger partial charge in [-0.2, -0.15) is 8.75 Å². The topological polar surface area (TPSA) is 98.9 Å². The highest BCUT2D eigenvalue weighted by atomic mass is 32.2. The van der Waals surface area contributed by atoms with Crippen molar-refractivity contribution in [3.05, 3.63) is 71.1 Å². The van der Waals surface area contributed by atoms with E-state index in [4.69, 9.17) is 0 Å². The van der Waals surface area contributed by atoms with Crippen LogP contribution >= 0.6 is 23.5 Å². The molecule has 3 aromatic carbocycles. The van der Waals surface area contributed by atoms with Crippen LogP contribution < -0.4 is 10.4 Å². The molecule has 5 aromatic rings. The fourth-order valence-electron chi connectivity index (χ4n) is 3.50. The Bertz CT molecular complexity index is 1640. The average Bonchev–Trinajstić information content (AvgIpc) is 3.34. The number of aryl methyl sites for hydroxylation is 2. The minimum atomic E-state index is -3.96. The molecule has 0 fully saturated rings. The molecule has 8 nitrogen and oxygen atoms in total. The maximum absolute atomic E-state index is 13.4. The van der Waals surface area contributed by atoms with Crippen LogP contribution in [0.25, 0.3) is 22.1 Å². The number of imidazole rings is 1. The Kier molecular flexibility index (Phi) is 5.03. The van der Waals surface area contributed by atoms with E-state index in [0.29, 0.717) is 32.6 Å². The van der Waals surface area contributed by atoms with Crippen LogP contribution in [0, 0.1) is 0 Å². The fourth-order valence-corrected chi connectivity index (χ4v) is 6.34. The molecule has 5 rings (SSSR count). The van der Waals surface area contributed by atoms with E-state index < -0.39 is 10.0 Å². The maximum atomic E-state index is 13.4. The molecule has 0 aliphatic carbocycles. The van der Waals surface area contributed by atoms with Crippen molar-refractivity contribution in [1.82, 2.24) is 17.9 Å². The van der Waals surface area contributed by atoms with Crippen molar-refractivity contribution >= 4 is 61.3 Å². The molecular formula is C21H17N5O3S3. The van der Waals surface area contributed by atoms with Gasteiger partial charge < -0.3 is 0 Å². The molecule has 0 aliphatic heterocycles. The predicted octanol–water partition coefficient (Wildman–Crippen LogP) is 3.83. The van der Waals surface area contributed by atoms with Gasteiger partial charge in [-0.1, -0.05) is 36.0 Å². The first-order valence-corrected chi connectivity index (χ1v) is 12.5. The SMILES string of the molecule is Cn1c(=O)n(C)c2cc(Sc3ccccc3)c(NS(=O)(=O)c3cccc4nsnc34)cc21. The quantitative estimate of drug-likeness (QED) is 0.408. The molecule has 2 heterocycles. The molecule has 2 aromatic heterocycles. The predicted molar refractivity (Wildman–Crippen MR) is 127 cm³/mol. The Labute approximate surface area is 191 Å². The molecule has 162 valence electrons. The van der Waals surface area contributed by atoms with Gasteiger partial charge >= 0.3 is 5.69 Å². The number of benzene rings is 3. The van der Waals surface area contributed by atoms with Crippen molar-refractivity contribution < 1.29 is 8.42 Å². The Morgan fingerprint density at radius 2 is 1.66 bits per heavy atom. The van der Waals surface area contributed by atoms with Crippen molar-refractivity contribution in [2.24, 2.45) is 14.1 Å². The number of rotatable bonds is 5. The molecule has 0 saturated carbocycles. The van der Waals surface area contributed by atoms with E-state index in [2.05, 4.69) is 13.5 Å². The van der Waals surface area contributed by atoms with Gasteiger partial charge in [-0.15, -0.1) is 0 Å². The first kappa shape index (κ1) is 20.7. The zero-order valence-electron chi connectivity index (χ0n) is 17.0. The molecule has 0 aliphatic rings. The average molecular weight is 484 g/mol. The molecule has 1 N–H and O–H groups in total. The molecule has 32 heavy (non-hydrogen) atoms. The third-order valence-corrected chi connectivity index (χ3v) is 8.13. The number of aromatic nitrogens is 4. The number of nitrogens with one attached hydrogen (secondary N) is 1. The summed E-state index contributed by atoms with van der Waals surface area (Å²) in [5.74, 6) is 0. The van der Waals surface area contributed by atoms with Crippen LogP contribution in [0.3, 0.4) is 0 Å². The van der Waals surface area contributed by atoms with E-state index in [-0.39, 0.29) is 10.6 Å². The van der Waals surface area contributed by atoms with E-state index in [0.717, 1.165) is 16.6 Å². The van der Waals surface area contributed by atoms with Crippen LogP contribution in [-0.2, 0) is 24.1 Å². The van der Waals surface area contributed by atoms with E-state index >= 15 is 0 Å². The minimum absolute atomic E-state index is 0.0569. The highest BCUT2D eigenvalue weighted by Gasteiger charge is 2.22. The molecule has 0 radical (unpaired) electrons. The lowest BCUT2D eigenvalue weighted by molar-refractivity contribution is 0.602. The summed E-state index contributed by atoms with van der Waals surface area (Å²) in [6.07, 6.45) is 0. The summed E-state index contributed by atoms with van der Waals surface area (Å²) in [6.45, 7) is 0. The number of fused-ring (bicyclic) bond motifs is 2. The lowest BCUT2D eigenvalue weighted by Crippen LogP contribution is -2.19. The monoisotopic (exact) mass is 483 g/mol. The zero-order chi connectivity index (χ0) is 22.5. The van der Waals surface area contributed by atoms with Gasteiger partial charge in [0.15, 0.2) is 0 Å². The Morgan fingerprint density at radius 1 is 0.938 bits per heavy atom. The normalized spacial score (nSPS) is 11.9. The summed E-state index contributed by atoms with van der Waals surface area (Å²) >= 11 is 2.38. The van der Waals surface area contributed by atoms with Gasteiger partial charge in [0.1, 0.15) is 15.9 Å². The van der Waals surface area contributed by atoms with Gasteiger partial charge in [0.05, 0.1) is 28.4 Å². The Balaban J connectivity index is 1.68. The van der Waals surface area contributed by atoms with Crippen molar-refractivity contribution in [3.63, 3.8) is 0 Å². The van der Waals surface area contributed by atoms with Crippen LogP contribution in [0.1, 0.15) is 0 Å². The standard InChI is InChI=1S/C21H17N5O3S3/c1-25-16-11-15(24-32(28,29)19-10-6-9-14-20(19)23-31-22-14)18(12-17(16)26(2)21(25)27)30-13-7-4-3-5-8-13/h3-12,24H,1-2H3. The first-order chi connectivity index (χ1) is 15.3. The van der Waals surface area contributed by atoms with Crippen LogP contribution in [-0.4, -0.2) is 26.3 Å². The smallest absolute Gasteiger partial charge is 0.295 e. The zero-order valence-corrected chi connectivity index (χ0v) is 19.5. The molecule has 0 amide bonds. The van der Waals surface area contributed by atoms with Gasteiger partial charge in [-0.3, -0.25) is 13.9 Å². The van der Waals surface area contributed by atoms with Gasteiger partial charge in [0.25, 0.3) is 10.0 Å². The van der Waals surface area contributed by atoms with Gasteiger partial charge in [0.2, 0.25) is 0 Å². The molecule has 0 saturated heterocycles. The summed E-state index contributed by atoms with van der Waals surface area (Å²) in [5, 5.41) is 0. The maximum Gasteiger partial charge on any atom is 0.328 e. The fraction of sp³-hybridized carbons (Fsp3) is 0.0952. The third-order valence-electron chi connectivity index (χ3n) is 5.13. The number of anilines is 1. The summed E-state index contributed by atoms with van der Waals surface area (Å²) in [5.41, 5.74) is 2.39. The second-order valence-corrected chi connectivity index (χ2v) is 10.4. The molecular weight excluding hydrogens is 466 g/mol. The molecule has 0 spiro atoms. The first-order valence-electron chi connectivity index (χ1n) is 9.51. The highest BCUT2D eigenvalue weighted by Crippen LogP contribution is 2.37. The van der Waals surface area contributed by atoms with Gasteiger partial charge in [-0.05, 0) is 36.4 Å². The lowest BCUT2D eigenvalue weighted by atomic mass is 10.3. The number of sulfonamides is 1. The van der Waals surface area contributed by atoms with Crippen molar-refractivity contribution in [3.8, 4) is 0 Å². The Morgan fingerprint density at radius 3 is 2.41 bits per heavy atom. The number of hydrogen-bond donors (Lipinski definition) is 1. The van der Waals surface area contributed by atoms with Crippen LogP contribution in [0.2, 0.25) is 0 Å². The summed E-state index contributed by atoms with van der Waals surface area (Å²) in [6, 6.07) is 18.0. The van der Waals surface area contributed by atoms with Crippen molar-refractivity contribution in [1.29, 1.82) is 0 Å². The van der Waals surface area contributed by atoms with E-state index in [1.807, 2.05) is 36.4 Å². The van der Waals surface area contributed by atoms with E-state index in [9.17, 15) is 13.2 Å². The second-order valence-electron chi connectivity index (χ2n) is 7.15. The van der Waals surface area contributed by atoms with Crippen molar-refractivity contribution in [2.75, 3.05) is 4.72 Å². The van der Waals surface area contributed by atoms with Crippen LogP contribution in [0.4, 0.5) is 5.69 Å². The van der Waals surface area contributed by atoms with Gasteiger partial charge in [-0.25, -0.2) is 13.2 Å². The highest BCUT2D eigenvalue weighted by molar-refractivity contribution is 7.99. The van der Waals surface area contributed by atoms with Crippen molar-refractivity contribution in [2.45, 2.75) is 14.7 Å².